The first-order chi connectivity index (χ1) is 13.5. The molecule has 1 aromatic rings. The maximum absolute atomic E-state index is 12.9. The van der Waals surface area contributed by atoms with Gasteiger partial charge < -0.3 is 19.9 Å². The Kier molecular flexibility index (Phi) is 6.49. The zero-order valence-corrected chi connectivity index (χ0v) is 16.0. The van der Waals surface area contributed by atoms with Crippen molar-refractivity contribution >= 4 is 17.9 Å². The summed E-state index contributed by atoms with van der Waals surface area (Å²) in [6.07, 6.45) is 0.839. The highest BCUT2D eigenvalue weighted by Crippen LogP contribution is 2.40. The number of nitrogens with zero attached hydrogens (tertiary/aromatic N) is 2. The number of piperazine rings is 1. The third kappa shape index (κ3) is 4.99. The lowest BCUT2D eigenvalue weighted by atomic mass is 10.1. The van der Waals surface area contributed by atoms with Gasteiger partial charge in [-0.2, -0.15) is 0 Å². The summed E-state index contributed by atoms with van der Waals surface area (Å²) in [4.78, 5) is 39.9. The largest absolute Gasteiger partial charge is 0.450 e. The molecule has 2 unspecified atom stereocenters. The first kappa shape index (κ1) is 20.1. The molecule has 0 spiro atoms. The summed E-state index contributed by atoms with van der Waals surface area (Å²) in [6, 6.07) is 6.19. The van der Waals surface area contributed by atoms with Crippen LogP contribution in [0.2, 0.25) is 0 Å². The average molecular weight is 391 g/mol. The van der Waals surface area contributed by atoms with Gasteiger partial charge in [0, 0.05) is 32.7 Å². The molecule has 2 aliphatic rings. The number of carbonyl (C=O) groups is 3. The summed E-state index contributed by atoms with van der Waals surface area (Å²) in [5.74, 6) is -0.938. The molecule has 1 saturated heterocycles. The van der Waals surface area contributed by atoms with E-state index < -0.39 is 0 Å². The van der Waals surface area contributed by atoms with Gasteiger partial charge in [-0.1, -0.05) is 12.1 Å². The van der Waals surface area contributed by atoms with Crippen molar-refractivity contribution in [2.75, 3.05) is 39.3 Å². The van der Waals surface area contributed by atoms with Crippen LogP contribution in [0.4, 0.5) is 9.18 Å². The van der Waals surface area contributed by atoms with Gasteiger partial charge >= 0.3 is 6.09 Å². The van der Waals surface area contributed by atoms with E-state index >= 15 is 0 Å². The van der Waals surface area contributed by atoms with Crippen molar-refractivity contribution in [3.8, 4) is 0 Å². The van der Waals surface area contributed by atoms with Gasteiger partial charge in [-0.3, -0.25) is 9.59 Å². The van der Waals surface area contributed by atoms with Gasteiger partial charge in [0.15, 0.2) is 0 Å². The van der Waals surface area contributed by atoms with Gasteiger partial charge in [0.25, 0.3) is 0 Å². The third-order valence-electron chi connectivity index (χ3n) is 5.19. The number of ether oxygens (including phenoxy) is 1. The molecule has 2 atom stereocenters. The molecule has 1 aromatic carbocycles. The lowest BCUT2D eigenvalue weighted by Crippen LogP contribution is -2.51. The maximum Gasteiger partial charge on any atom is 0.409 e. The van der Waals surface area contributed by atoms with Crippen molar-refractivity contribution in [2.45, 2.75) is 19.8 Å². The summed E-state index contributed by atoms with van der Waals surface area (Å²) in [5, 5.41) is 2.86. The van der Waals surface area contributed by atoms with E-state index in [9.17, 15) is 18.8 Å². The minimum Gasteiger partial charge on any atom is -0.450 e. The van der Waals surface area contributed by atoms with Crippen LogP contribution in [0, 0.1) is 17.7 Å². The van der Waals surface area contributed by atoms with Crippen molar-refractivity contribution in [3.05, 3.63) is 35.6 Å². The second-order valence-corrected chi connectivity index (χ2v) is 7.13. The standard InChI is InChI=1S/C20H26FN3O4/c1-2-28-20(27)24-11-9-23(10-12-24)19(26)17-13-16(17)18(25)22-8-7-14-3-5-15(21)6-4-14/h3-6,16-17H,2,7-13H2,1H3,(H,22,25). The highest BCUT2D eigenvalue weighted by molar-refractivity contribution is 5.92. The van der Waals surface area contributed by atoms with Gasteiger partial charge in [-0.15, -0.1) is 0 Å². The van der Waals surface area contributed by atoms with Crippen molar-refractivity contribution in [2.24, 2.45) is 11.8 Å². The fourth-order valence-corrected chi connectivity index (χ4v) is 3.43. The number of amides is 3. The van der Waals surface area contributed by atoms with Crippen molar-refractivity contribution < 1.29 is 23.5 Å². The van der Waals surface area contributed by atoms with Gasteiger partial charge in [0.05, 0.1) is 18.4 Å². The van der Waals surface area contributed by atoms with E-state index in [0.717, 1.165) is 5.56 Å². The average Bonchev–Trinajstić information content (AvgIpc) is 3.50. The molecule has 1 aliphatic heterocycles. The molecule has 0 radical (unpaired) electrons. The lowest BCUT2D eigenvalue weighted by Gasteiger charge is -2.34. The first-order valence-corrected chi connectivity index (χ1v) is 9.72. The number of hydrogen-bond donors (Lipinski definition) is 1. The Hall–Kier alpha value is -2.64. The molecular formula is C20H26FN3O4. The Morgan fingerprint density at radius 1 is 1.07 bits per heavy atom. The molecule has 2 fully saturated rings. The van der Waals surface area contributed by atoms with Crippen molar-refractivity contribution in [1.29, 1.82) is 0 Å². The fourth-order valence-electron chi connectivity index (χ4n) is 3.43. The van der Waals surface area contributed by atoms with E-state index in [1.807, 2.05) is 0 Å². The van der Waals surface area contributed by atoms with E-state index in [-0.39, 0.29) is 35.6 Å². The number of halogens is 1. The monoisotopic (exact) mass is 391 g/mol. The zero-order chi connectivity index (χ0) is 20.1. The zero-order valence-electron chi connectivity index (χ0n) is 16.0. The minimum absolute atomic E-state index is 0.0119. The molecule has 28 heavy (non-hydrogen) atoms. The van der Waals surface area contributed by atoms with Crippen LogP contribution in [0.5, 0.6) is 0 Å². The van der Waals surface area contributed by atoms with E-state index in [1.54, 1.807) is 28.9 Å². The molecule has 1 aliphatic carbocycles. The van der Waals surface area contributed by atoms with Gasteiger partial charge in [-0.05, 0) is 37.5 Å². The Morgan fingerprint density at radius 2 is 1.71 bits per heavy atom. The van der Waals surface area contributed by atoms with Crippen LogP contribution in [0.15, 0.2) is 24.3 Å². The smallest absolute Gasteiger partial charge is 0.409 e. The van der Waals surface area contributed by atoms with Gasteiger partial charge in [0.1, 0.15) is 5.82 Å². The van der Waals surface area contributed by atoms with Crippen molar-refractivity contribution in [3.63, 3.8) is 0 Å². The summed E-state index contributed by atoms with van der Waals surface area (Å²) < 4.78 is 17.9. The molecule has 1 N–H and O–H groups in total. The van der Waals surface area contributed by atoms with Crippen LogP contribution in [0.25, 0.3) is 0 Å². The van der Waals surface area contributed by atoms with Crippen LogP contribution in [0.1, 0.15) is 18.9 Å². The predicted octanol–water partition coefficient (Wildman–Crippen LogP) is 1.42. The lowest BCUT2D eigenvalue weighted by molar-refractivity contribution is -0.136. The molecule has 3 rings (SSSR count). The summed E-state index contributed by atoms with van der Waals surface area (Å²) >= 11 is 0. The Morgan fingerprint density at radius 3 is 2.36 bits per heavy atom. The fraction of sp³-hybridized carbons (Fsp3) is 0.550. The van der Waals surface area contributed by atoms with E-state index in [1.165, 1.54) is 12.1 Å². The molecular weight excluding hydrogens is 365 g/mol. The van der Waals surface area contributed by atoms with Crippen LogP contribution < -0.4 is 5.32 Å². The van der Waals surface area contributed by atoms with E-state index in [2.05, 4.69) is 5.32 Å². The molecule has 1 saturated carbocycles. The van der Waals surface area contributed by atoms with E-state index in [0.29, 0.717) is 52.2 Å². The molecule has 3 amide bonds. The quantitative estimate of drug-likeness (QED) is 0.796. The predicted molar refractivity (Wildman–Crippen MR) is 99.9 cm³/mol. The normalized spacial score (nSPS) is 21.2. The molecule has 1 heterocycles. The molecule has 152 valence electrons. The SMILES string of the molecule is CCOC(=O)N1CCN(C(=O)C2CC2C(=O)NCCc2ccc(F)cc2)CC1. The Balaban J connectivity index is 1.37. The van der Waals surface area contributed by atoms with E-state index in [4.69, 9.17) is 4.74 Å². The van der Waals surface area contributed by atoms with Gasteiger partial charge in [-0.25, -0.2) is 9.18 Å². The first-order valence-electron chi connectivity index (χ1n) is 9.72. The van der Waals surface area contributed by atoms with Crippen LogP contribution in [-0.4, -0.2) is 67.0 Å². The number of benzene rings is 1. The Labute approximate surface area is 163 Å². The second-order valence-electron chi connectivity index (χ2n) is 7.13. The maximum atomic E-state index is 12.9. The highest BCUT2D eigenvalue weighted by atomic mass is 19.1. The number of nitrogens with one attached hydrogen (secondary N) is 1. The third-order valence-corrected chi connectivity index (χ3v) is 5.19. The number of hydrogen-bond acceptors (Lipinski definition) is 4. The van der Waals surface area contributed by atoms with Crippen LogP contribution in [0.3, 0.4) is 0 Å². The van der Waals surface area contributed by atoms with Crippen molar-refractivity contribution in [1.82, 2.24) is 15.1 Å². The molecule has 8 heteroatoms. The Bertz CT molecular complexity index is 717. The van der Waals surface area contributed by atoms with Crippen LogP contribution in [-0.2, 0) is 20.7 Å². The summed E-state index contributed by atoms with van der Waals surface area (Å²) in [7, 11) is 0. The molecule has 0 bridgehead atoms. The topological polar surface area (TPSA) is 79.0 Å². The minimum atomic E-state index is -0.348. The molecule has 0 aromatic heterocycles. The number of carbonyl (C=O) groups excluding carboxylic acids is 3. The molecule has 7 nitrogen and oxygen atoms in total. The summed E-state index contributed by atoms with van der Waals surface area (Å²) in [5.41, 5.74) is 0.949. The summed E-state index contributed by atoms with van der Waals surface area (Å²) in [6.45, 7) is 4.38. The second kappa shape index (κ2) is 9.03. The number of rotatable bonds is 6. The van der Waals surface area contributed by atoms with Crippen LogP contribution >= 0.6 is 0 Å². The van der Waals surface area contributed by atoms with Gasteiger partial charge in [0.2, 0.25) is 11.8 Å². The highest BCUT2D eigenvalue weighted by Gasteiger charge is 2.49.